The van der Waals surface area contributed by atoms with Gasteiger partial charge in [0.2, 0.25) is 0 Å². The Morgan fingerprint density at radius 1 is 1.00 bits per heavy atom. The van der Waals surface area contributed by atoms with E-state index in [1.165, 1.54) is 0 Å². The molecule has 1 N–H and O–H groups in total. The van der Waals surface area contributed by atoms with Crippen LogP contribution in [0.4, 0.5) is 0 Å². The highest BCUT2D eigenvalue weighted by Crippen LogP contribution is 2.48. The van der Waals surface area contributed by atoms with Gasteiger partial charge in [-0.15, -0.1) is 0 Å². The summed E-state index contributed by atoms with van der Waals surface area (Å²) in [6.07, 6.45) is 4.92. The number of hydrogen-bond acceptors (Lipinski definition) is 3. The maximum Gasteiger partial charge on any atom is 0.188 e. The molecule has 182 valence electrons. The molecule has 0 amide bonds. The second kappa shape index (κ2) is 9.76. The first-order chi connectivity index (χ1) is 17.2. The second-order valence-electron chi connectivity index (χ2n) is 9.85. The Hall–Kier alpha value is -3.08. The third kappa shape index (κ3) is 4.80. The fourth-order valence-electron chi connectivity index (χ4n) is 4.98. The van der Waals surface area contributed by atoms with Crippen molar-refractivity contribution in [2.45, 2.75) is 26.2 Å². The number of dihydropyridines is 1. The molecule has 1 unspecified atom stereocenters. The lowest BCUT2D eigenvalue weighted by molar-refractivity contribution is -0.113. The monoisotopic (exact) mass is 559 g/mol. The Kier molecular flexibility index (Phi) is 6.67. The van der Waals surface area contributed by atoms with Crippen LogP contribution in [-0.4, -0.2) is 12.9 Å². The van der Waals surface area contributed by atoms with Crippen LogP contribution in [0.1, 0.15) is 42.9 Å². The standard InChI is InChI=1S/C31H27BrClNO2/c1-31(2)18-28-29(30(35)26(31)16-19-4-14-24(36-3)15-5-19)25(20-6-10-22(32)11-7-20)17-27(34-28)21-8-12-23(33)13-9-21/h4-17,25,34H,18H2,1-3H3/b26-16+. The first-order valence-corrected chi connectivity index (χ1v) is 13.1. The third-order valence-corrected chi connectivity index (χ3v) is 7.68. The number of rotatable bonds is 4. The average molecular weight is 561 g/mol. The van der Waals surface area contributed by atoms with E-state index in [2.05, 4.69) is 53.3 Å². The van der Waals surface area contributed by atoms with Crippen LogP contribution < -0.4 is 10.1 Å². The summed E-state index contributed by atoms with van der Waals surface area (Å²) in [5.74, 6) is 0.717. The van der Waals surface area contributed by atoms with Crippen molar-refractivity contribution >= 4 is 45.1 Å². The van der Waals surface area contributed by atoms with Crippen LogP contribution in [0.5, 0.6) is 5.75 Å². The van der Waals surface area contributed by atoms with Crippen molar-refractivity contribution in [1.29, 1.82) is 0 Å². The number of halogens is 2. The number of carbonyl (C=O) groups excluding carboxylic acids is 1. The summed E-state index contributed by atoms with van der Waals surface area (Å²) in [5, 5.41) is 4.31. The van der Waals surface area contributed by atoms with Gasteiger partial charge in [0.05, 0.1) is 7.11 Å². The van der Waals surface area contributed by atoms with E-state index in [0.717, 1.165) is 55.9 Å². The normalized spacial score (nSPS) is 20.0. The topological polar surface area (TPSA) is 38.3 Å². The molecule has 0 saturated carbocycles. The quantitative estimate of drug-likeness (QED) is 0.327. The first-order valence-electron chi connectivity index (χ1n) is 11.9. The summed E-state index contributed by atoms with van der Waals surface area (Å²) >= 11 is 9.69. The van der Waals surface area contributed by atoms with E-state index in [9.17, 15) is 4.79 Å². The van der Waals surface area contributed by atoms with Gasteiger partial charge in [-0.1, -0.05) is 77.8 Å². The number of allylic oxidation sites excluding steroid dienone is 4. The second-order valence-corrected chi connectivity index (χ2v) is 11.2. The molecule has 0 saturated heterocycles. The lowest BCUT2D eigenvalue weighted by Crippen LogP contribution is -2.37. The molecule has 1 aliphatic carbocycles. The summed E-state index contributed by atoms with van der Waals surface area (Å²) in [7, 11) is 1.65. The van der Waals surface area contributed by atoms with Crippen molar-refractivity contribution in [1.82, 2.24) is 5.32 Å². The number of nitrogens with one attached hydrogen (secondary N) is 1. The molecular formula is C31H27BrClNO2. The van der Waals surface area contributed by atoms with Crippen LogP contribution in [0.3, 0.4) is 0 Å². The van der Waals surface area contributed by atoms with Gasteiger partial charge in [-0.3, -0.25) is 4.79 Å². The van der Waals surface area contributed by atoms with E-state index in [-0.39, 0.29) is 17.1 Å². The zero-order chi connectivity index (χ0) is 25.4. The Balaban J connectivity index is 1.61. The smallest absolute Gasteiger partial charge is 0.188 e. The lowest BCUT2D eigenvalue weighted by Gasteiger charge is -2.40. The number of ether oxygens (including phenoxy) is 1. The Morgan fingerprint density at radius 3 is 2.31 bits per heavy atom. The molecule has 3 nitrogen and oxygen atoms in total. The molecule has 0 bridgehead atoms. The van der Waals surface area contributed by atoms with E-state index in [1.54, 1.807) is 7.11 Å². The highest BCUT2D eigenvalue weighted by molar-refractivity contribution is 9.10. The minimum atomic E-state index is -0.338. The first kappa shape index (κ1) is 24.6. The molecular weight excluding hydrogens is 534 g/mol. The molecule has 5 rings (SSSR count). The van der Waals surface area contributed by atoms with E-state index < -0.39 is 0 Å². The van der Waals surface area contributed by atoms with Gasteiger partial charge < -0.3 is 10.1 Å². The fourth-order valence-corrected chi connectivity index (χ4v) is 5.37. The summed E-state index contributed by atoms with van der Waals surface area (Å²) in [6, 6.07) is 23.8. The summed E-state index contributed by atoms with van der Waals surface area (Å²) in [4.78, 5) is 14.2. The molecule has 0 radical (unpaired) electrons. The summed E-state index contributed by atoms with van der Waals surface area (Å²) in [6.45, 7) is 4.28. The lowest BCUT2D eigenvalue weighted by atomic mass is 9.67. The highest BCUT2D eigenvalue weighted by atomic mass is 79.9. The third-order valence-electron chi connectivity index (χ3n) is 6.90. The molecule has 1 atom stereocenters. The van der Waals surface area contributed by atoms with Crippen LogP contribution in [-0.2, 0) is 4.79 Å². The van der Waals surface area contributed by atoms with Gasteiger partial charge in [-0.05, 0) is 77.1 Å². The number of methoxy groups -OCH3 is 1. The fraction of sp³-hybridized carbons (Fsp3) is 0.194. The number of carbonyl (C=O) groups is 1. The van der Waals surface area contributed by atoms with E-state index in [4.69, 9.17) is 16.3 Å². The number of hydrogen-bond donors (Lipinski definition) is 1. The molecule has 2 aliphatic rings. The van der Waals surface area contributed by atoms with Crippen molar-refractivity contribution in [3.8, 4) is 5.75 Å². The highest BCUT2D eigenvalue weighted by Gasteiger charge is 2.42. The van der Waals surface area contributed by atoms with Gasteiger partial charge in [0.25, 0.3) is 0 Å². The molecule has 0 spiro atoms. The van der Waals surface area contributed by atoms with Gasteiger partial charge in [-0.2, -0.15) is 0 Å². The van der Waals surface area contributed by atoms with E-state index in [1.807, 2.05) is 66.7 Å². The van der Waals surface area contributed by atoms with Crippen molar-refractivity contribution in [2.75, 3.05) is 7.11 Å². The van der Waals surface area contributed by atoms with Gasteiger partial charge in [0.15, 0.2) is 5.78 Å². The summed E-state index contributed by atoms with van der Waals surface area (Å²) in [5.41, 5.74) is 6.37. The average Bonchev–Trinajstić information content (AvgIpc) is 2.87. The van der Waals surface area contributed by atoms with Crippen LogP contribution in [0.25, 0.3) is 11.8 Å². The SMILES string of the molecule is COc1ccc(/C=C2\C(=O)C3=C(CC2(C)C)NC(c2ccc(Cl)cc2)=CC3c2ccc(Br)cc2)cc1. The minimum absolute atomic E-state index is 0.0869. The predicted molar refractivity (Wildman–Crippen MR) is 151 cm³/mol. The number of ketones is 1. The Bertz CT molecular complexity index is 1400. The van der Waals surface area contributed by atoms with Crippen LogP contribution in [0.15, 0.2) is 100 Å². The molecule has 3 aromatic rings. The molecule has 1 heterocycles. The molecule has 5 heteroatoms. The van der Waals surface area contributed by atoms with Crippen molar-refractivity contribution in [3.05, 3.63) is 122 Å². The van der Waals surface area contributed by atoms with Crippen LogP contribution >= 0.6 is 27.5 Å². The number of benzene rings is 3. The zero-order valence-electron chi connectivity index (χ0n) is 20.4. The van der Waals surface area contributed by atoms with Crippen molar-refractivity contribution in [3.63, 3.8) is 0 Å². The molecule has 0 fully saturated rings. The van der Waals surface area contributed by atoms with E-state index >= 15 is 0 Å². The van der Waals surface area contributed by atoms with Crippen LogP contribution in [0, 0.1) is 5.41 Å². The van der Waals surface area contributed by atoms with Gasteiger partial charge in [0, 0.05) is 38.0 Å². The molecule has 0 aromatic heterocycles. The molecule has 36 heavy (non-hydrogen) atoms. The zero-order valence-corrected chi connectivity index (χ0v) is 22.8. The summed E-state index contributed by atoms with van der Waals surface area (Å²) < 4.78 is 6.30. The predicted octanol–water partition coefficient (Wildman–Crippen LogP) is 8.18. The van der Waals surface area contributed by atoms with Crippen molar-refractivity contribution in [2.24, 2.45) is 5.41 Å². The minimum Gasteiger partial charge on any atom is -0.497 e. The van der Waals surface area contributed by atoms with E-state index in [0.29, 0.717) is 5.02 Å². The maximum absolute atomic E-state index is 14.2. The molecule has 1 aliphatic heterocycles. The largest absolute Gasteiger partial charge is 0.497 e. The van der Waals surface area contributed by atoms with Gasteiger partial charge in [-0.25, -0.2) is 0 Å². The maximum atomic E-state index is 14.2. The Labute approximate surface area is 225 Å². The number of Topliss-reactive ketones (excluding diaryl/α,β-unsaturated/α-hetero) is 1. The molecule has 3 aromatic carbocycles. The van der Waals surface area contributed by atoms with Crippen LogP contribution in [0.2, 0.25) is 5.02 Å². The van der Waals surface area contributed by atoms with Gasteiger partial charge in [0.1, 0.15) is 5.75 Å². The van der Waals surface area contributed by atoms with Gasteiger partial charge >= 0.3 is 0 Å². The van der Waals surface area contributed by atoms with Crippen molar-refractivity contribution < 1.29 is 9.53 Å². The Morgan fingerprint density at radius 2 is 1.67 bits per heavy atom.